The van der Waals surface area contributed by atoms with Crippen LogP contribution in [0.2, 0.25) is 0 Å². The van der Waals surface area contributed by atoms with Crippen molar-refractivity contribution in [1.82, 2.24) is 0 Å². The third kappa shape index (κ3) is 4.02. The average molecular weight is 247 g/mol. The minimum Gasteiger partial charge on any atom is -0.493 e. The van der Waals surface area contributed by atoms with Gasteiger partial charge in [-0.05, 0) is 55.3 Å². The molecule has 0 saturated heterocycles. The Morgan fingerprint density at radius 2 is 2.11 bits per heavy atom. The standard InChI is InChI=1S/C16H25NO/c1-13(11-17)9-15-7-4-8-16(10-15)18-12-14-5-2-3-6-14/h4,7-8,10,13-14H,2-3,5-6,9,11-12,17H2,1H3/t13-/m0/s1. The predicted octanol–water partition coefficient (Wildman–Crippen LogP) is 3.39. The zero-order valence-electron chi connectivity index (χ0n) is 11.4. The second-order valence-corrected chi connectivity index (χ2v) is 5.65. The van der Waals surface area contributed by atoms with Crippen LogP contribution in [0.15, 0.2) is 24.3 Å². The molecule has 0 radical (unpaired) electrons. The van der Waals surface area contributed by atoms with E-state index in [0.717, 1.165) is 31.2 Å². The molecule has 0 aromatic heterocycles. The molecule has 0 heterocycles. The van der Waals surface area contributed by atoms with Gasteiger partial charge in [-0.15, -0.1) is 0 Å². The fourth-order valence-corrected chi connectivity index (χ4v) is 2.64. The van der Waals surface area contributed by atoms with Gasteiger partial charge in [-0.2, -0.15) is 0 Å². The summed E-state index contributed by atoms with van der Waals surface area (Å²) in [6.07, 6.45) is 6.47. The van der Waals surface area contributed by atoms with Crippen LogP contribution in [-0.2, 0) is 6.42 Å². The molecule has 2 N–H and O–H groups in total. The van der Waals surface area contributed by atoms with E-state index in [1.54, 1.807) is 0 Å². The van der Waals surface area contributed by atoms with Crippen LogP contribution < -0.4 is 10.5 Å². The van der Waals surface area contributed by atoms with Crippen LogP contribution in [0, 0.1) is 11.8 Å². The van der Waals surface area contributed by atoms with Crippen molar-refractivity contribution in [3.05, 3.63) is 29.8 Å². The maximum absolute atomic E-state index is 5.91. The van der Waals surface area contributed by atoms with Crippen molar-refractivity contribution in [3.8, 4) is 5.75 Å². The highest BCUT2D eigenvalue weighted by Gasteiger charge is 2.15. The van der Waals surface area contributed by atoms with E-state index in [1.165, 1.54) is 31.2 Å². The number of ether oxygens (including phenoxy) is 1. The smallest absolute Gasteiger partial charge is 0.119 e. The van der Waals surface area contributed by atoms with Gasteiger partial charge in [0, 0.05) is 0 Å². The Bertz CT molecular complexity index is 358. The van der Waals surface area contributed by atoms with Crippen molar-refractivity contribution in [2.24, 2.45) is 17.6 Å². The predicted molar refractivity (Wildman–Crippen MR) is 75.8 cm³/mol. The summed E-state index contributed by atoms with van der Waals surface area (Å²) in [5, 5.41) is 0. The van der Waals surface area contributed by atoms with E-state index in [9.17, 15) is 0 Å². The van der Waals surface area contributed by atoms with E-state index in [1.807, 2.05) is 0 Å². The molecule has 2 nitrogen and oxygen atoms in total. The summed E-state index contributed by atoms with van der Waals surface area (Å²) < 4.78 is 5.91. The van der Waals surface area contributed by atoms with Crippen molar-refractivity contribution < 1.29 is 4.74 Å². The number of nitrogens with two attached hydrogens (primary N) is 1. The van der Waals surface area contributed by atoms with Crippen molar-refractivity contribution in [2.75, 3.05) is 13.2 Å². The fourth-order valence-electron chi connectivity index (χ4n) is 2.64. The highest BCUT2D eigenvalue weighted by atomic mass is 16.5. The van der Waals surface area contributed by atoms with Gasteiger partial charge in [-0.25, -0.2) is 0 Å². The summed E-state index contributed by atoms with van der Waals surface area (Å²) in [4.78, 5) is 0. The van der Waals surface area contributed by atoms with E-state index < -0.39 is 0 Å². The first-order valence-electron chi connectivity index (χ1n) is 7.19. The van der Waals surface area contributed by atoms with Crippen LogP contribution in [0.5, 0.6) is 5.75 Å². The summed E-state index contributed by atoms with van der Waals surface area (Å²) in [5.41, 5.74) is 7.00. The fraction of sp³-hybridized carbons (Fsp3) is 0.625. The highest BCUT2D eigenvalue weighted by Crippen LogP contribution is 2.26. The van der Waals surface area contributed by atoms with E-state index >= 15 is 0 Å². The normalized spacial score (nSPS) is 17.9. The largest absolute Gasteiger partial charge is 0.493 e. The summed E-state index contributed by atoms with van der Waals surface area (Å²) in [6, 6.07) is 8.48. The summed E-state index contributed by atoms with van der Waals surface area (Å²) in [6.45, 7) is 3.81. The van der Waals surface area contributed by atoms with Gasteiger partial charge in [-0.3, -0.25) is 0 Å². The Morgan fingerprint density at radius 1 is 1.33 bits per heavy atom. The van der Waals surface area contributed by atoms with Crippen molar-refractivity contribution in [2.45, 2.75) is 39.0 Å². The molecule has 0 aliphatic heterocycles. The number of hydrogen-bond acceptors (Lipinski definition) is 2. The van der Waals surface area contributed by atoms with Crippen molar-refractivity contribution in [3.63, 3.8) is 0 Å². The van der Waals surface area contributed by atoms with Crippen LogP contribution in [0.1, 0.15) is 38.2 Å². The molecular weight excluding hydrogens is 222 g/mol. The minimum absolute atomic E-state index is 0.537. The lowest BCUT2D eigenvalue weighted by Crippen LogP contribution is -2.13. The molecule has 0 unspecified atom stereocenters. The highest BCUT2D eigenvalue weighted by molar-refractivity contribution is 5.28. The Kier molecular flexibility index (Phi) is 5.06. The lowest BCUT2D eigenvalue weighted by Gasteiger charge is -2.13. The van der Waals surface area contributed by atoms with E-state index in [-0.39, 0.29) is 0 Å². The summed E-state index contributed by atoms with van der Waals surface area (Å²) in [7, 11) is 0. The lowest BCUT2D eigenvalue weighted by molar-refractivity contribution is 0.252. The van der Waals surface area contributed by atoms with Crippen LogP contribution >= 0.6 is 0 Å². The van der Waals surface area contributed by atoms with E-state index in [0.29, 0.717) is 5.92 Å². The first kappa shape index (κ1) is 13.4. The molecule has 2 rings (SSSR count). The lowest BCUT2D eigenvalue weighted by atomic mass is 10.0. The first-order chi connectivity index (χ1) is 8.78. The number of rotatable bonds is 6. The zero-order valence-corrected chi connectivity index (χ0v) is 11.4. The molecule has 1 aliphatic rings. The second-order valence-electron chi connectivity index (χ2n) is 5.65. The second kappa shape index (κ2) is 6.79. The Morgan fingerprint density at radius 3 is 2.83 bits per heavy atom. The van der Waals surface area contributed by atoms with Crippen molar-refractivity contribution >= 4 is 0 Å². The van der Waals surface area contributed by atoms with Gasteiger partial charge >= 0.3 is 0 Å². The van der Waals surface area contributed by atoms with Crippen LogP contribution in [0.3, 0.4) is 0 Å². The maximum atomic E-state index is 5.91. The topological polar surface area (TPSA) is 35.2 Å². The zero-order chi connectivity index (χ0) is 12.8. The number of benzene rings is 1. The quantitative estimate of drug-likeness (QED) is 0.836. The van der Waals surface area contributed by atoms with Gasteiger partial charge in [0.25, 0.3) is 0 Å². The SMILES string of the molecule is C[C@H](CN)Cc1cccc(OCC2CCCC2)c1. The molecule has 18 heavy (non-hydrogen) atoms. The maximum Gasteiger partial charge on any atom is 0.119 e. The Hall–Kier alpha value is -1.02. The van der Waals surface area contributed by atoms with Crippen LogP contribution in [-0.4, -0.2) is 13.2 Å². The molecule has 1 saturated carbocycles. The third-order valence-corrected chi connectivity index (χ3v) is 3.85. The molecule has 0 spiro atoms. The molecule has 2 heteroatoms. The molecule has 1 atom stereocenters. The van der Waals surface area contributed by atoms with Gasteiger partial charge in [-0.1, -0.05) is 31.9 Å². The van der Waals surface area contributed by atoms with Crippen molar-refractivity contribution in [1.29, 1.82) is 0 Å². The van der Waals surface area contributed by atoms with Gasteiger partial charge in [0.05, 0.1) is 6.61 Å². The first-order valence-corrected chi connectivity index (χ1v) is 7.19. The van der Waals surface area contributed by atoms with Gasteiger partial charge < -0.3 is 10.5 Å². The van der Waals surface area contributed by atoms with E-state index in [2.05, 4.69) is 31.2 Å². The van der Waals surface area contributed by atoms with Gasteiger partial charge in [0.2, 0.25) is 0 Å². The van der Waals surface area contributed by atoms with E-state index in [4.69, 9.17) is 10.5 Å². The van der Waals surface area contributed by atoms with Gasteiger partial charge in [0.15, 0.2) is 0 Å². The monoisotopic (exact) mass is 247 g/mol. The third-order valence-electron chi connectivity index (χ3n) is 3.85. The molecule has 1 fully saturated rings. The number of hydrogen-bond donors (Lipinski definition) is 1. The van der Waals surface area contributed by atoms with Crippen LogP contribution in [0.25, 0.3) is 0 Å². The summed E-state index contributed by atoms with van der Waals surface area (Å²) >= 11 is 0. The summed E-state index contributed by atoms with van der Waals surface area (Å²) in [5.74, 6) is 2.33. The molecule has 1 aromatic carbocycles. The minimum atomic E-state index is 0.537. The molecule has 0 amide bonds. The molecule has 100 valence electrons. The molecule has 1 aromatic rings. The average Bonchev–Trinajstić information content (AvgIpc) is 2.90. The molecular formula is C16H25NO. The Labute approximate surface area is 111 Å². The Balaban J connectivity index is 1.86. The van der Waals surface area contributed by atoms with Crippen LogP contribution in [0.4, 0.5) is 0 Å². The molecule has 0 bridgehead atoms. The molecule has 1 aliphatic carbocycles. The van der Waals surface area contributed by atoms with Gasteiger partial charge in [0.1, 0.15) is 5.75 Å².